The van der Waals surface area contributed by atoms with Gasteiger partial charge >= 0.3 is 6.18 Å². The van der Waals surface area contributed by atoms with Crippen LogP contribution in [0.25, 0.3) is 0 Å². The zero-order valence-electron chi connectivity index (χ0n) is 10.7. The number of halogens is 3. The molecule has 1 heterocycles. The number of hydrogen-bond donors (Lipinski definition) is 0. The fourth-order valence-electron chi connectivity index (χ4n) is 1.56. The molecule has 2 rings (SSSR count). The number of alkyl halides is 3. The molecule has 0 atom stereocenters. The fourth-order valence-corrected chi connectivity index (χ4v) is 2.38. The summed E-state index contributed by atoms with van der Waals surface area (Å²) in [6.45, 7) is 0. The Morgan fingerprint density at radius 2 is 1.95 bits per heavy atom. The molecule has 0 fully saturated rings. The average Bonchev–Trinajstić information content (AvgIpc) is 2.47. The van der Waals surface area contributed by atoms with E-state index in [1.807, 2.05) is 0 Å². The van der Waals surface area contributed by atoms with Crippen molar-refractivity contribution >= 4 is 23.7 Å². The molecule has 114 valence electrons. The maximum Gasteiger partial charge on any atom is 0.417 e. The Morgan fingerprint density at radius 1 is 1.23 bits per heavy atom. The van der Waals surface area contributed by atoms with Crippen molar-refractivity contribution in [3.63, 3.8) is 0 Å². The summed E-state index contributed by atoms with van der Waals surface area (Å²) >= 11 is 0.946. The second-order valence-electron chi connectivity index (χ2n) is 4.08. The van der Waals surface area contributed by atoms with Gasteiger partial charge in [-0.3, -0.25) is 14.9 Å². The van der Waals surface area contributed by atoms with Crippen molar-refractivity contribution in [1.82, 2.24) is 4.98 Å². The van der Waals surface area contributed by atoms with Gasteiger partial charge in [0, 0.05) is 28.8 Å². The van der Waals surface area contributed by atoms with E-state index in [1.54, 1.807) is 0 Å². The van der Waals surface area contributed by atoms with Crippen LogP contribution in [0, 0.1) is 10.1 Å². The number of hydrogen-bond acceptors (Lipinski definition) is 5. The largest absolute Gasteiger partial charge is 0.417 e. The average molecular weight is 328 g/mol. The zero-order valence-corrected chi connectivity index (χ0v) is 11.5. The molecule has 0 spiro atoms. The number of aldehydes is 1. The summed E-state index contributed by atoms with van der Waals surface area (Å²) in [6, 6.07) is 5.70. The number of nitro groups is 1. The van der Waals surface area contributed by atoms with E-state index in [-0.39, 0.29) is 16.3 Å². The van der Waals surface area contributed by atoms with E-state index in [9.17, 15) is 28.1 Å². The van der Waals surface area contributed by atoms with Gasteiger partial charge in [-0.15, -0.1) is 0 Å². The Labute approximate surface area is 126 Å². The van der Waals surface area contributed by atoms with Crippen molar-refractivity contribution in [2.75, 3.05) is 0 Å². The Hall–Kier alpha value is -2.42. The van der Waals surface area contributed by atoms with Crippen molar-refractivity contribution in [2.24, 2.45) is 0 Å². The number of non-ortho nitro benzene ring substituents is 1. The third kappa shape index (κ3) is 3.61. The van der Waals surface area contributed by atoms with E-state index >= 15 is 0 Å². The molecule has 1 aromatic carbocycles. The standard InChI is InChI=1S/C13H7F3N2O3S/c14-13(15,16)9-1-4-12(17-6-9)22-11-3-2-10(18(20)21)5-8(11)7-19/h1-7H. The van der Waals surface area contributed by atoms with E-state index in [0.29, 0.717) is 17.4 Å². The highest BCUT2D eigenvalue weighted by molar-refractivity contribution is 7.99. The molecule has 0 aliphatic rings. The summed E-state index contributed by atoms with van der Waals surface area (Å²) in [4.78, 5) is 25.0. The molecular formula is C13H7F3N2O3S. The number of carbonyl (C=O) groups is 1. The third-order valence-electron chi connectivity index (χ3n) is 2.61. The smallest absolute Gasteiger partial charge is 0.298 e. The molecule has 0 aliphatic carbocycles. The molecule has 0 saturated heterocycles. The van der Waals surface area contributed by atoms with Gasteiger partial charge in [0.25, 0.3) is 5.69 Å². The molecule has 0 unspecified atom stereocenters. The Balaban J connectivity index is 2.27. The maximum atomic E-state index is 12.4. The molecule has 0 amide bonds. The zero-order chi connectivity index (χ0) is 16.3. The van der Waals surface area contributed by atoms with Crippen LogP contribution in [0.2, 0.25) is 0 Å². The van der Waals surface area contributed by atoms with Gasteiger partial charge in [0.1, 0.15) is 5.03 Å². The minimum absolute atomic E-state index is 0.0703. The minimum atomic E-state index is -4.47. The second-order valence-corrected chi connectivity index (χ2v) is 5.14. The summed E-state index contributed by atoms with van der Waals surface area (Å²) in [7, 11) is 0. The molecule has 0 radical (unpaired) electrons. The molecular weight excluding hydrogens is 321 g/mol. The monoisotopic (exact) mass is 328 g/mol. The normalized spacial score (nSPS) is 11.2. The van der Waals surface area contributed by atoms with E-state index in [4.69, 9.17) is 0 Å². The predicted octanol–water partition coefficient (Wildman–Crippen LogP) is 3.97. The van der Waals surface area contributed by atoms with Crippen LogP contribution < -0.4 is 0 Å². The highest BCUT2D eigenvalue weighted by Crippen LogP contribution is 2.33. The van der Waals surface area contributed by atoms with Crippen molar-refractivity contribution in [3.05, 3.63) is 57.8 Å². The topological polar surface area (TPSA) is 73.1 Å². The van der Waals surface area contributed by atoms with Gasteiger partial charge in [0.05, 0.1) is 10.5 Å². The van der Waals surface area contributed by atoms with Gasteiger partial charge in [0.15, 0.2) is 6.29 Å². The van der Waals surface area contributed by atoms with Crippen LogP contribution in [0.4, 0.5) is 18.9 Å². The summed E-state index contributed by atoms with van der Waals surface area (Å²) < 4.78 is 37.3. The second kappa shape index (κ2) is 6.14. The molecule has 22 heavy (non-hydrogen) atoms. The lowest BCUT2D eigenvalue weighted by molar-refractivity contribution is -0.384. The number of aromatic nitrogens is 1. The highest BCUT2D eigenvalue weighted by Gasteiger charge is 2.30. The molecule has 0 bridgehead atoms. The van der Waals surface area contributed by atoms with Gasteiger partial charge < -0.3 is 0 Å². The number of nitro benzene ring substituents is 1. The quantitative estimate of drug-likeness (QED) is 0.482. The molecule has 9 heteroatoms. The predicted molar refractivity (Wildman–Crippen MR) is 71.8 cm³/mol. The van der Waals surface area contributed by atoms with E-state index in [0.717, 1.165) is 23.9 Å². The van der Waals surface area contributed by atoms with Gasteiger partial charge in [-0.2, -0.15) is 13.2 Å². The van der Waals surface area contributed by atoms with Crippen molar-refractivity contribution in [3.8, 4) is 0 Å². The summed E-state index contributed by atoms with van der Waals surface area (Å²) in [6.07, 6.45) is -3.34. The number of rotatable bonds is 4. The lowest BCUT2D eigenvalue weighted by Gasteiger charge is -2.07. The lowest BCUT2D eigenvalue weighted by atomic mass is 10.2. The lowest BCUT2D eigenvalue weighted by Crippen LogP contribution is -2.05. The molecule has 0 aliphatic heterocycles. The molecule has 5 nitrogen and oxygen atoms in total. The van der Waals surface area contributed by atoms with Crippen LogP contribution in [-0.2, 0) is 6.18 Å². The molecule has 0 saturated carbocycles. The van der Waals surface area contributed by atoms with E-state index in [1.165, 1.54) is 18.2 Å². The fraction of sp³-hybridized carbons (Fsp3) is 0.0769. The SMILES string of the molecule is O=Cc1cc([N+](=O)[O-])ccc1Sc1ccc(C(F)(F)F)cn1. The Bertz CT molecular complexity index is 717. The highest BCUT2D eigenvalue weighted by atomic mass is 32.2. The first-order valence-corrected chi connectivity index (χ1v) is 6.57. The summed E-state index contributed by atoms with van der Waals surface area (Å²) in [5, 5.41) is 10.9. The first-order valence-electron chi connectivity index (χ1n) is 5.76. The Kier molecular flexibility index (Phi) is 4.45. The first-order chi connectivity index (χ1) is 10.3. The minimum Gasteiger partial charge on any atom is -0.298 e. The van der Waals surface area contributed by atoms with Crippen LogP contribution >= 0.6 is 11.8 Å². The summed E-state index contributed by atoms with van der Waals surface area (Å²) in [5.74, 6) is 0. The van der Waals surface area contributed by atoms with Gasteiger partial charge in [0.2, 0.25) is 0 Å². The van der Waals surface area contributed by atoms with Gasteiger partial charge in [-0.25, -0.2) is 4.98 Å². The molecule has 1 aromatic heterocycles. The van der Waals surface area contributed by atoms with Crippen molar-refractivity contribution < 1.29 is 22.9 Å². The van der Waals surface area contributed by atoms with Crippen LogP contribution in [0.15, 0.2) is 46.5 Å². The van der Waals surface area contributed by atoms with Gasteiger partial charge in [-0.1, -0.05) is 11.8 Å². The van der Waals surface area contributed by atoms with E-state index < -0.39 is 16.7 Å². The summed E-state index contributed by atoms with van der Waals surface area (Å²) in [5.41, 5.74) is -1.05. The number of pyridine rings is 1. The van der Waals surface area contributed by atoms with Crippen LogP contribution in [0.3, 0.4) is 0 Å². The molecule has 0 N–H and O–H groups in total. The van der Waals surface area contributed by atoms with E-state index in [2.05, 4.69) is 4.98 Å². The van der Waals surface area contributed by atoms with Crippen molar-refractivity contribution in [1.29, 1.82) is 0 Å². The van der Waals surface area contributed by atoms with Crippen LogP contribution in [-0.4, -0.2) is 16.2 Å². The third-order valence-corrected chi connectivity index (χ3v) is 3.65. The first kappa shape index (κ1) is 16.0. The Morgan fingerprint density at radius 3 is 2.45 bits per heavy atom. The number of nitrogens with zero attached hydrogens (tertiary/aromatic N) is 2. The van der Waals surface area contributed by atoms with Crippen molar-refractivity contribution in [2.45, 2.75) is 16.1 Å². The molecule has 2 aromatic rings. The maximum absolute atomic E-state index is 12.4. The number of carbonyl (C=O) groups excluding carboxylic acids is 1. The number of benzene rings is 1. The van der Waals surface area contributed by atoms with Gasteiger partial charge in [-0.05, 0) is 18.2 Å². The van der Waals surface area contributed by atoms with Crippen LogP contribution in [0.1, 0.15) is 15.9 Å². The van der Waals surface area contributed by atoms with Crippen LogP contribution in [0.5, 0.6) is 0 Å².